The van der Waals surface area contributed by atoms with E-state index in [1.807, 2.05) is 21.9 Å². The van der Waals surface area contributed by atoms with Gasteiger partial charge in [0, 0.05) is 31.9 Å². The molecular weight excluding hydrogens is 417 g/mol. The highest BCUT2D eigenvalue weighted by Crippen LogP contribution is 2.36. The Kier molecular flexibility index (Phi) is 6.00. The Hall–Kier alpha value is -3.21. The summed E-state index contributed by atoms with van der Waals surface area (Å²) >= 11 is 0. The summed E-state index contributed by atoms with van der Waals surface area (Å²) in [6.07, 6.45) is -1.04. The van der Waals surface area contributed by atoms with E-state index in [4.69, 9.17) is 0 Å². The van der Waals surface area contributed by atoms with E-state index in [0.29, 0.717) is 50.3 Å². The number of carbonyl (C=O) groups is 1. The maximum Gasteiger partial charge on any atom is 0.416 e. The van der Waals surface area contributed by atoms with Gasteiger partial charge in [-0.1, -0.05) is 25.0 Å². The number of halogens is 3. The molecule has 1 aliphatic carbocycles. The number of amides is 1. The topological polar surface area (TPSA) is 59.4 Å². The van der Waals surface area contributed by atoms with Gasteiger partial charge in [0.25, 0.3) is 0 Å². The minimum absolute atomic E-state index is 0.0369. The zero-order chi connectivity index (χ0) is 22.8. The van der Waals surface area contributed by atoms with Crippen LogP contribution in [0.3, 0.4) is 0 Å². The van der Waals surface area contributed by atoms with Crippen LogP contribution in [-0.2, 0) is 11.0 Å². The van der Waals surface area contributed by atoms with Crippen molar-refractivity contribution in [3.8, 4) is 6.07 Å². The summed E-state index contributed by atoms with van der Waals surface area (Å²) in [5.74, 6) is 0.0369. The van der Waals surface area contributed by atoms with Gasteiger partial charge in [-0.2, -0.15) is 18.4 Å². The van der Waals surface area contributed by atoms with Gasteiger partial charge < -0.3 is 15.1 Å². The number of piperazine rings is 1. The normalized spacial score (nSPS) is 18.3. The van der Waals surface area contributed by atoms with E-state index in [9.17, 15) is 23.2 Å². The van der Waals surface area contributed by atoms with Gasteiger partial charge in [0.05, 0.1) is 16.8 Å². The molecule has 8 heteroatoms. The van der Waals surface area contributed by atoms with E-state index in [0.717, 1.165) is 30.7 Å². The van der Waals surface area contributed by atoms with Crippen LogP contribution in [0.5, 0.6) is 0 Å². The molecule has 1 heterocycles. The highest BCUT2D eigenvalue weighted by Gasteiger charge is 2.44. The van der Waals surface area contributed by atoms with Crippen LogP contribution < -0.4 is 10.2 Å². The first-order valence-electron chi connectivity index (χ1n) is 10.8. The molecule has 1 saturated carbocycles. The lowest BCUT2D eigenvalue weighted by atomic mass is 9.93. The third-order valence-corrected chi connectivity index (χ3v) is 6.41. The molecule has 1 saturated heterocycles. The number of rotatable bonds is 4. The monoisotopic (exact) mass is 442 g/mol. The summed E-state index contributed by atoms with van der Waals surface area (Å²) in [6.45, 7) is 2.12. The van der Waals surface area contributed by atoms with E-state index in [-0.39, 0.29) is 5.91 Å². The fraction of sp³-hybridized carbons (Fsp3) is 0.417. The van der Waals surface area contributed by atoms with Crippen LogP contribution >= 0.6 is 0 Å². The van der Waals surface area contributed by atoms with Crippen LogP contribution in [0.1, 0.15) is 36.8 Å². The van der Waals surface area contributed by atoms with Gasteiger partial charge in [-0.3, -0.25) is 4.79 Å². The summed E-state index contributed by atoms with van der Waals surface area (Å²) < 4.78 is 38.4. The largest absolute Gasteiger partial charge is 0.416 e. The van der Waals surface area contributed by atoms with Gasteiger partial charge in [-0.15, -0.1) is 0 Å². The molecule has 2 aromatic rings. The molecule has 0 unspecified atom stereocenters. The number of anilines is 2. The maximum atomic E-state index is 13.6. The third-order valence-electron chi connectivity index (χ3n) is 6.41. The molecule has 1 N–H and O–H groups in total. The Morgan fingerprint density at radius 1 is 0.969 bits per heavy atom. The molecule has 0 radical (unpaired) electrons. The molecule has 32 heavy (non-hydrogen) atoms. The quantitative estimate of drug-likeness (QED) is 0.749. The van der Waals surface area contributed by atoms with Crippen LogP contribution in [-0.4, -0.2) is 42.5 Å². The van der Waals surface area contributed by atoms with Crippen molar-refractivity contribution < 1.29 is 18.0 Å². The summed E-state index contributed by atoms with van der Waals surface area (Å²) in [7, 11) is 0. The predicted molar refractivity (Wildman–Crippen MR) is 116 cm³/mol. The molecule has 5 nitrogen and oxygen atoms in total. The minimum Gasteiger partial charge on any atom is -0.370 e. The van der Waals surface area contributed by atoms with Gasteiger partial charge in [0.1, 0.15) is 11.6 Å². The second kappa shape index (κ2) is 8.73. The van der Waals surface area contributed by atoms with Gasteiger partial charge in [-0.25, -0.2) is 0 Å². The zero-order valence-electron chi connectivity index (χ0n) is 17.7. The second-order valence-electron chi connectivity index (χ2n) is 8.40. The molecule has 1 aliphatic heterocycles. The Balaban J connectivity index is 1.44. The summed E-state index contributed by atoms with van der Waals surface area (Å²) in [5, 5.41) is 12.8. The van der Waals surface area contributed by atoms with Gasteiger partial charge in [0.15, 0.2) is 0 Å². The third kappa shape index (κ3) is 4.38. The number of benzene rings is 2. The predicted octanol–water partition coefficient (Wildman–Crippen LogP) is 4.65. The standard InChI is InChI=1S/C24H25F3N4O/c25-24(26,27)19-7-9-20(10-8-19)30-13-15-31(16-14-30)22(32)23(11-3-4-12-23)29-21-6-2-1-5-18(21)17-28/h1-2,5-10,29H,3-4,11-16H2. The van der Waals surface area contributed by atoms with E-state index in [1.54, 1.807) is 12.1 Å². The van der Waals surface area contributed by atoms with Crippen LogP contribution in [0, 0.1) is 11.3 Å². The lowest BCUT2D eigenvalue weighted by Crippen LogP contribution is -2.57. The average Bonchev–Trinajstić information content (AvgIpc) is 3.28. The lowest BCUT2D eigenvalue weighted by Gasteiger charge is -2.41. The van der Waals surface area contributed by atoms with Crippen molar-refractivity contribution in [2.75, 3.05) is 36.4 Å². The van der Waals surface area contributed by atoms with Crippen molar-refractivity contribution in [1.29, 1.82) is 5.26 Å². The number of alkyl halides is 3. The Morgan fingerprint density at radius 2 is 1.59 bits per heavy atom. The number of para-hydroxylation sites is 1. The Morgan fingerprint density at radius 3 is 2.19 bits per heavy atom. The van der Waals surface area contributed by atoms with E-state index in [1.165, 1.54) is 12.1 Å². The smallest absolute Gasteiger partial charge is 0.370 e. The molecule has 2 aliphatic rings. The van der Waals surface area contributed by atoms with Gasteiger partial charge >= 0.3 is 6.18 Å². The maximum absolute atomic E-state index is 13.6. The van der Waals surface area contributed by atoms with Crippen LogP contribution in [0.15, 0.2) is 48.5 Å². The average molecular weight is 442 g/mol. The molecule has 0 atom stereocenters. The van der Waals surface area contributed by atoms with Crippen molar-refractivity contribution >= 4 is 17.3 Å². The van der Waals surface area contributed by atoms with Crippen LogP contribution in [0.2, 0.25) is 0 Å². The molecule has 0 bridgehead atoms. The van der Waals surface area contributed by atoms with Crippen molar-refractivity contribution in [1.82, 2.24) is 4.90 Å². The van der Waals surface area contributed by atoms with E-state index >= 15 is 0 Å². The number of carbonyl (C=O) groups excluding carboxylic acids is 1. The first-order valence-corrected chi connectivity index (χ1v) is 10.8. The molecule has 2 aromatic carbocycles. The first kappa shape index (κ1) is 22.0. The minimum atomic E-state index is -4.35. The molecule has 2 fully saturated rings. The molecular formula is C24H25F3N4O. The van der Waals surface area contributed by atoms with Crippen molar-refractivity contribution in [2.24, 2.45) is 0 Å². The Bertz CT molecular complexity index is 999. The molecule has 4 rings (SSSR count). The van der Waals surface area contributed by atoms with Crippen LogP contribution in [0.4, 0.5) is 24.5 Å². The molecule has 168 valence electrons. The number of nitrogens with one attached hydrogen (secondary N) is 1. The van der Waals surface area contributed by atoms with Crippen molar-refractivity contribution in [2.45, 2.75) is 37.4 Å². The molecule has 0 spiro atoms. The van der Waals surface area contributed by atoms with Gasteiger partial charge in [-0.05, 0) is 49.2 Å². The highest BCUT2D eigenvalue weighted by atomic mass is 19.4. The second-order valence-corrected chi connectivity index (χ2v) is 8.40. The van der Waals surface area contributed by atoms with E-state index in [2.05, 4.69) is 11.4 Å². The number of hydrogen-bond donors (Lipinski definition) is 1. The molecule has 0 aromatic heterocycles. The van der Waals surface area contributed by atoms with Crippen molar-refractivity contribution in [3.63, 3.8) is 0 Å². The fourth-order valence-electron chi connectivity index (χ4n) is 4.65. The summed E-state index contributed by atoms with van der Waals surface area (Å²) in [5.41, 5.74) is 0.528. The van der Waals surface area contributed by atoms with Gasteiger partial charge in [0.2, 0.25) is 5.91 Å². The highest BCUT2D eigenvalue weighted by molar-refractivity contribution is 5.90. The number of nitrogens with zero attached hydrogens (tertiary/aromatic N) is 3. The number of nitriles is 1. The summed E-state index contributed by atoms with van der Waals surface area (Å²) in [4.78, 5) is 17.4. The lowest BCUT2D eigenvalue weighted by molar-refractivity contribution is -0.138. The van der Waals surface area contributed by atoms with Crippen molar-refractivity contribution in [3.05, 3.63) is 59.7 Å². The zero-order valence-corrected chi connectivity index (χ0v) is 17.7. The van der Waals surface area contributed by atoms with Crippen LogP contribution in [0.25, 0.3) is 0 Å². The fourth-order valence-corrected chi connectivity index (χ4v) is 4.65. The SMILES string of the molecule is N#Cc1ccccc1NC1(C(=O)N2CCN(c3ccc(C(F)(F)F)cc3)CC2)CCCC1. The summed E-state index contributed by atoms with van der Waals surface area (Å²) in [6, 6.07) is 14.5. The first-order chi connectivity index (χ1) is 15.3. The Labute approximate surface area is 185 Å². The van der Waals surface area contributed by atoms with E-state index < -0.39 is 17.3 Å². The molecule has 1 amide bonds. The number of hydrogen-bond acceptors (Lipinski definition) is 4.